The quantitative estimate of drug-likeness (QED) is 0.143. The number of nitrogens with zero attached hydrogens (tertiary/aromatic N) is 1. The maximum absolute atomic E-state index is 15.0. The number of aromatic nitrogens is 1. The second-order valence-electron chi connectivity index (χ2n) is 15.1. The molecule has 0 aliphatic heterocycles. The number of halogens is 1. The number of carbonyl (C=O) groups excluding carboxylic acids is 4. The van der Waals surface area contributed by atoms with Gasteiger partial charge >= 0.3 is 6.09 Å². The Morgan fingerprint density at radius 1 is 0.865 bits per heavy atom. The predicted molar refractivity (Wildman–Crippen MR) is 201 cm³/mol. The number of alkyl carbamates (subject to hydrolysis) is 1. The molecule has 1 aromatic heterocycles. The Morgan fingerprint density at radius 2 is 1.48 bits per heavy atom. The smallest absolute Gasteiger partial charge is 0.407 e. The molecule has 3 aromatic rings. The number of likely N-dealkylation sites (N-methyl/N-ethyl adjacent to an activating group) is 1. The van der Waals surface area contributed by atoms with Gasteiger partial charge in [0.25, 0.3) is 0 Å². The topological polar surface area (TPSA) is 159 Å². The van der Waals surface area contributed by atoms with Crippen molar-refractivity contribution in [2.24, 2.45) is 16.7 Å². The van der Waals surface area contributed by atoms with Gasteiger partial charge in [0.15, 0.2) is 0 Å². The molecule has 0 saturated heterocycles. The number of methoxy groups -OCH3 is 1. The molecule has 5 atom stereocenters. The number of thiazole rings is 1. The van der Waals surface area contributed by atoms with Gasteiger partial charge in [-0.25, -0.2) is 14.2 Å². The average molecular weight is 740 g/mol. The van der Waals surface area contributed by atoms with E-state index >= 15 is 0 Å². The summed E-state index contributed by atoms with van der Waals surface area (Å²) in [6, 6.07) is 10.9. The SMILES string of the molecule is CCc1ncc(-c2ccc(CC(NC(=O)C(NC(=O)OC)C(C)(C)C)C(O)CC(Cc3ccccc3F)C(=O)NC(C(=O)NC)C(C)(C)C)cc2)s1. The summed E-state index contributed by atoms with van der Waals surface area (Å²) in [5.74, 6) is -2.99. The minimum atomic E-state index is -1.31. The first-order chi connectivity index (χ1) is 24.4. The van der Waals surface area contributed by atoms with E-state index in [-0.39, 0.29) is 24.8 Å². The van der Waals surface area contributed by atoms with E-state index in [0.717, 1.165) is 27.4 Å². The molecule has 11 nitrogen and oxygen atoms in total. The second-order valence-corrected chi connectivity index (χ2v) is 16.3. The summed E-state index contributed by atoms with van der Waals surface area (Å²) in [7, 11) is 2.68. The monoisotopic (exact) mass is 739 g/mol. The molecule has 13 heteroatoms. The van der Waals surface area contributed by atoms with Gasteiger partial charge in [0.2, 0.25) is 17.7 Å². The van der Waals surface area contributed by atoms with Gasteiger partial charge in [-0.3, -0.25) is 14.4 Å². The van der Waals surface area contributed by atoms with Crippen molar-refractivity contribution in [2.45, 2.75) is 98.4 Å². The first-order valence-corrected chi connectivity index (χ1v) is 18.3. The fourth-order valence-electron chi connectivity index (χ4n) is 5.82. The van der Waals surface area contributed by atoms with Gasteiger partial charge in [0.1, 0.15) is 17.9 Å². The van der Waals surface area contributed by atoms with E-state index in [0.29, 0.717) is 0 Å². The average Bonchev–Trinajstić information content (AvgIpc) is 3.58. The summed E-state index contributed by atoms with van der Waals surface area (Å²) in [5, 5.41) is 23.9. The molecule has 0 radical (unpaired) electrons. The van der Waals surface area contributed by atoms with Crippen LogP contribution in [-0.2, 0) is 38.4 Å². The van der Waals surface area contributed by atoms with Gasteiger partial charge in [0, 0.05) is 19.2 Å². The van der Waals surface area contributed by atoms with Crippen LogP contribution in [-0.4, -0.2) is 72.3 Å². The number of hydrogen-bond donors (Lipinski definition) is 5. The highest BCUT2D eigenvalue weighted by Gasteiger charge is 2.38. The standard InChI is InChI=1S/C39H54FN5O6S/c1-10-31-42-22-30(52-31)24-17-15-23(16-18-24)19-28(43-36(49)33(39(5,6)7)45-37(50)51-9)29(46)21-26(20-25-13-11-12-14-27(25)40)34(47)44-32(35(48)41-8)38(2,3)4/h11-18,22,26,28-29,32-33,46H,10,19-21H2,1-9H3,(H,41,48)(H,43,49)(H,44,47)(H,45,50). The molecular weight excluding hydrogens is 686 g/mol. The lowest BCUT2D eigenvalue weighted by molar-refractivity contribution is -0.134. The first kappa shape index (κ1) is 42.1. The summed E-state index contributed by atoms with van der Waals surface area (Å²) in [5.41, 5.74) is 0.636. The molecule has 3 rings (SSSR count). The molecule has 284 valence electrons. The minimum Gasteiger partial charge on any atom is -0.453 e. The lowest BCUT2D eigenvalue weighted by atomic mass is 9.84. The van der Waals surface area contributed by atoms with Crippen molar-refractivity contribution in [3.8, 4) is 10.4 Å². The highest BCUT2D eigenvalue weighted by molar-refractivity contribution is 7.15. The molecule has 52 heavy (non-hydrogen) atoms. The number of aliphatic hydroxyl groups excluding tert-OH is 1. The van der Waals surface area contributed by atoms with Crippen LogP contribution in [0, 0.1) is 22.6 Å². The number of benzene rings is 2. The zero-order chi connectivity index (χ0) is 38.8. The van der Waals surface area contributed by atoms with Crippen LogP contribution in [0.15, 0.2) is 54.7 Å². The van der Waals surface area contributed by atoms with Crippen LogP contribution in [0.25, 0.3) is 10.4 Å². The number of hydrogen-bond acceptors (Lipinski definition) is 8. The van der Waals surface area contributed by atoms with Crippen LogP contribution >= 0.6 is 11.3 Å². The van der Waals surface area contributed by atoms with E-state index in [1.807, 2.05) is 58.2 Å². The van der Waals surface area contributed by atoms with Crippen molar-refractivity contribution >= 4 is 35.2 Å². The molecule has 0 saturated carbocycles. The number of carbonyl (C=O) groups is 4. The molecular formula is C39H54FN5O6S. The number of nitrogens with one attached hydrogen (secondary N) is 4. The molecule has 0 bridgehead atoms. The van der Waals surface area contributed by atoms with Crippen LogP contribution < -0.4 is 21.3 Å². The maximum Gasteiger partial charge on any atom is 0.407 e. The summed E-state index contributed by atoms with van der Waals surface area (Å²) in [6.45, 7) is 12.9. The van der Waals surface area contributed by atoms with E-state index in [9.17, 15) is 28.7 Å². The van der Waals surface area contributed by atoms with Crippen LogP contribution in [0.3, 0.4) is 0 Å². The van der Waals surface area contributed by atoms with Gasteiger partial charge in [0.05, 0.1) is 29.1 Å². The summed E-state index contributed by atoms with van der Waals surface area (Å²) in [4.78, 5) is 58.4. The van der Waals surface area contributed by atoms with Gasteiger partial charge in [-0.2, -0.15) is 0 Å². The van der Waals surface area contributed by atoms with E-state index in [2.05, 4.69) is 26.3 Å². The van der Waals surface area contributed by atoms with Crippen LogP contribution in [0.2, 0.25) is 0 Å². The molecule has 0 aliphatic carbocycles. The highest BCUT2D eigenvalue weighted by atomic mass is 32.1. The van der Waals surface area contributed by atoms with Crippen molar-refractivity contribution in [3.63, 3.8) is 0 Å². The molecule has 0 spiro atoms. The lowest BCUT2D eigenvalue weighted by Gasteiger charge is -2.34. The summed E-state index contributed by atoms with van der Waals surface area (Å²) in [6.07, 6.45) is 0.483. The van der Waals surface area contributed by atoms with Crippen molar-refractivity contribution in [1.82, 2.24) is 26.3 Å². The third-order valence-corrected chi connectivity index (χ3v) is 10.1. The Morgan fingerprint density at radius 3 is 2.02 bits per heavy atom. The molecule has 1 heterocycles. The number of rotatable bonds is 15. The van der Waals surface area contributed by atoms with Crippen LogP contribution in [0.4, 0.5) is 9.18 Å². The normalized spacial score (nSPS) is 14.7. The summed E-state index contributed by atoms with van der Waals surface area (Å²) < 4.78 is 19.7. The number of aryl methyl sites for hydroxylation is 1. The predicted octanol–water partition coefficient (Wildman–Crippen LogP) is 5.20. The van der Waals surface area contributed by atoms with Crippen molar-refractivity contribution in [1.29, 1.82) is 0 Å². The van der Waals surface area contributed by atoms with Gasteiger partial charge < -0.3 is 31.1 Å². The van der Waals surface area contributed by atoms with E-state index < -0.39 is 70.6 Å². The Hall–Kier alpha value is -4.36. The second kappa shape index (κ2) is 18.4. The van der Waals surface area contributed by atoms with E-state index in [1.54, 1.807) is 50.3 Å². The molecule has 4 amide bonds. The zero-order valence-corrected chi connectivity index (χ0v) is 32.4. The van der Waals surface area contributed by atoms with Gasteiger partial charge in [-0.15, -0.1) is 11.3 Å². The third kappa shape index (κ3) is 11.8. The van der Waals surface area contributed by atoms with E-state index in [4.69, 9.17) is 4.74 Å². The van der Waals surface area contributed by atoms with Crippen molar-refractivity contribution in [2.75, 3.05) is 14.2 Å². The summed E-state index contributed by atoms with van der Waals surface area (Å²) >= 11 is 1.61. The van der Waals surface area contributed by atoms with Crippen LogP contribution in [0.1, 0.15) is 71.0 Å². The van der Waals surface area contributed by atoms with Crippen LogP contribution in [0.5, 0.6) is 0 Å². The molecule has 5 unspecified atom stereocenters. The fourth-order valence-corrected chi connectivity index (χ4v) is 6.68. The maximum atomic E-state index is 15.0. The first-order valence-electron chi connectivity index (χ1n) is 17.5. The zero-order valence-electron chi connectivity index (χ0n) is 31.6. The Balaban J connectivity index is 2.00. The molecule has 0 fully saturated rings. The largest absolute Gasteiger partial charge is 0.453 e. The van der Waals surface area contributed by atoms with Crippen molar-refractivity contribution in [3.05, 3.63) is 76.7 Å². The van der Waals surface area contributed by atoms with E-state index in [1.165, 1.54) is 20.2 Å². The minimum absolute atomic E-state index is 0.0708. The number of aliphatic hydroxyl groups is 1. The van der Waals surface area contributed by atoms with Crippen molar-refractivity contribution < 1.29 is 33.4 Å². The molecule has 5 N–H and O–H groups in total. The Labute approximate surface area is 310 Å². The third-order valence-electron chi connectivity index (χ3n) is 8.90. The van der Waals surface area contributed by atoms with Gasteiger partial charge in [-0.1, -0.05) is 90.9 Å². The fraction of sp³-hybridized carbons (Fsp3) is 0.513. The Kier molecular flexibility index (Phi) is 14.9. The number of amides is 4. The molecule has 2 aromatic carbocycles. The lowest BCUT2D eigenvalue weighted by Crippen LogP contribution is -2.58. The Bertz CT molecular complexity index is 1670. The highest BCUT2D eigenvalue weighted by Crippen LogP contribution is 2.28. The number of ether oxygens (including phenoxy) is 1. The van der Waals surface area contributed by atoms with Gasteiger partial charge in [-0.05, 0) is 59.3 Å². The molecule has 0 aliphatic rings.